The lowest BCUT2D eigenvalue weighted by atomic mass is 10.0. The average Bonchev–Trinajstić information content (AvgIpc) is 2.95. The van der Waals surface area contributed by atoms with Crippen molar-refractivity contribution < 1.29 is 4.79 Å². The molecule has 1 aliphatic rings. The molecule has 3 rings (SSSR count). The van der Waals surface area contributed by atoms with Crippen LogP contribution in [0.1, 0.15) is 54.1 Å². The molecule has 0 saturated heterocycles. The van der Waals surface area contributed by atoms with E-state index in [2.05, 4.69) is 57.4 Å². The van der Waals surface area contributed by atoms with E-state index in [0.29, 0.717) is 6.54 Å². The van der Waals surface area contributed by atoms with Crippen molar-refractivity contribution in [3.8, 4) is 0 Å². The van der Waals surface area contributed by atoms with Gasteiger partial charge < -0.3 is 15.2 Å². The van der Waals surface area contributed by atoms with Crippen LogP contribution in [0, 0.1) is 13.8 Å². The molecule has 2 aromatic rings. The molecule has 2 heterocycles. The van der Waals surface area contributed by atoms with Gasteiger partial charge in [0.15, 0.2) is 5.82 Å². The summed E-state index contributed by atoms with van der Waals surface area (Å²) in [5.41, 5.74) is 3.52. The van der Waals surface area contributed by atoms with Crippen molar-refractivity contribution >= 4 is 6.03 Å². The zero-order valence-corrected chi connectivity index (χ0v) is 14.6. The molecule has 0 saturated carbocycles. The number of urea groups is 1. The van der Waals surface area contributed by atoms with E-state index >= 15 is 0 Å². The number of rotatable bonds is 4. The first kappa shape index (κ1) is 16.5. The monoisotopic (exact) mass is 327 g/mol. The molecule has 0 radical (unpaired) electrons. The maximum atomic E-state index is 12.2. The van der Waals surface area contributed by atoms with E-state index in [4.69, 9.17) is 0 Å². The Bertz CT molecular complexity index is 717. The Kier molecular flexibility index (Phi) is 4.83. The summed E-state index contributed by atoms with van der Waals surface area (Å²) >= 11 is 0. The lowest BCUT2D eigenvalue weighted by Gasteiger charge is -2.17. The third kappa shape index (κ3) is 3.75. The Balaban J connectivity index is 1.56. The maximum Gasteiger partial charge on any atom is 0.315 e. The molecule has 0 aliphatic carbocycles. The average molecular weight is 327 g/mol. The molecule has 6 nitrogen and oxygen atoms in total. The van der Waals surface area contributed by atoms with Gasteiger partial charge in [0.2, 0.25) is 0 Å². The highest BCUT2D eigenvalue weighted by molar-refractivity contribution is 5.74. The summed E-state index contributed by atoms with van der Waals surface area (Å²) in [5.74, 6) is 1.86. The van der Waals surface area contributed by atoms with Crippen molar-refractivity contribution in [2.45, 2.75) is 59.2 Å². The van der Waals surface area contributed by atoms with Crippen LogP contribution in [-0.2, 0) is 19.5 Å². The van der Waals surface area contributed by atoms with E-state index in [1.54, 1.807) is 0 Å². The highest BCUT2D eigenvalue weighted by Gasteiger charge is 2.16. The van der Waals surface area contributed by atoms with Crippen LogP contribution in [0.25, 0.3) is 0 Å². The van der Waals surface area contributed by atoms with Crippen LogP contribution in [0.3, 0.4) is 0 Å². The van der Waals surface area contributed by atoms with Crippen LogP contribution in [0.2, 0.25) is 0 Å². The number of nitrogens with zero attached hydrogens (tertiary/aromatic N) is 3. The normalized spacial score (nSPS) is 14.8. The van der Waals surface area contributed by atoms with Gasteiger partial charge in [-0.15, -0.1) is 10.2 Å². The highest BCUT2D eigenvalue weighted by atomic mass is 16.2. The topological polar surface area (TPSA) is 71.8 Å². The van der Waals surface area contributed by atoms with Gasteiger partial charge in [-0.3, -0.25) is 0 Å². The van der Waals surface area contributed by atoms with Crippen LogP contribution in [-0.4, -0.2) is 20.8 Å². The van der Waals surface area contributed by atoms with Crippen molar-refractivity contribution in [1.29, 1.82) is 0 Å². The fraction of sp³-hybridized carbons (Fsp3) is 0.500. The van der Waals surface area contributed by atoms with Gasteiger partial charge in [-0.1, -0.05) is 29.3 Å². The predicted molar refractivity (Wildman–Crippen MR) is 92.7 cm³/mol. The quantitative estimate of drug-likeness (QED) is 0.907. The van der Waals surface area contributed by atoms with Gasteiger partial charge in [-0.25, -0.2) is 4.79 Å². The number of aromatic nitrogens is 3. The standard InChI is InChI=1S/C18H25N5O/c1-12-8-13(2)10-15(9-12)14(3)20-18(24)19-11-17-22-21-16-6-4-5-7-23(16)17/h8-10,14H,4-7,11H2,1-3H3,(H2,19,20,24)/t14-/m0/s1. The molecule has 128 valence electrons. The van der Waals surface area contributed by atoms with Gasteiger partial charge in [-0.05, 0) is 39.2 Å². The maximum absolute atomic E-state index is 12.2. The zero-order valence-electron chi connectivity index (χ0n) is 14.6. The van der Waals surface area contributed by atoms with E-state index in [1.165, 1.54) is 17.5 Å². The molecule has 0 spiro atoms. The molecular weight excluding hydrogens is 302 g/mol. The van der Waals surface area contributed by atoms with E-state index in [-0.39, 0.29) is 12.1 Å². The molecule has 1 atom stereocenters. The van der Waals surface area contributed by atoms with Crippen LogP contribution >= 0.6 is 0 Å². The Morgan fingerprint density at radius 1 is 1.21 bits per heavy atom. The number of fused-ring (bicyclic) bond motifs is 1. The number of aryl methyl sites for hydroxylation is 3. The molecule has 0 bridgehead atoms. The van der Waals surface area contributed by atoms with Gasteiger partial charge in [0.05, 0.1) is 12.6 Å². The summed E-state index contributed by atoms with van der Waals surface area (Å²) < 4.78 is 2.12. The molecular formula is C18H25N5O. The number of hydrogen-bond donors (Lipinski definition) is 2. The molecule has 6 heteroatoms. The number of hydrogen-bond acceptors (Lipinski definition) is 3. The number of carbonyl (C=O) groups excluding carboxylic acids is 1. The van der Waals surface area contributed by atoms with Crippen molar-refractivity contribution in [1.82, 2.24) is 25.4 Å². The molecule has 2 N–H and O–H groups in total. The van der Waals surface area contributed by atoms with Crippen LogP contribution in [0.15, 0.2) is 18.2 Å². The van der Waals surface area contributed by atoms with Gasteiger partial charge in [0.25, 0.3) is 0 Å². The number of nitrogens with one attached hydrogen (secondary N) is 2. The van der Waals surface area contributed by atoms with Gasteiger partial charge in [-0.2, -0.15) is 0 Å². The first-order chi connectivity index (χ1) is 11.5. The Hall–Kier alpha value is -2.37. The minimum atomic E-state index is -0.185. The van der Waals surface area contributed by atoms with E-state index in [0.717, 1.165) is 36.6 Å². The summed E-state index contributed by atoms with van der Waals surface area (Å²) in [6.45, 7) is 7.47. The predicted octanol–water partition coefficient (Wildman–Crippen LogP) is 2.79. The summed E-state index contributed by atoms with van der Waals surface area (Å²) in [5, 5.41) is 14.3. The van der Waals surface area contributed by atoms with Crippen molar-refractivity contribution in [3.63, 3.8) is 0 Å². The lowest BCUT2D eigenvalue weighted by molar-refractivity contribution is 0.237. The summed E-state index contributed by atoms with van der Waals surface area (Å²) in [6.07, 6.45) is 3.29. The minimum Gasteiger partial charge on any atom is -0.332 e. The fourth-order valence-corrected chi connectivity index (χ4v) is 3.25. The smallest absolute Gasteiger partial charge is 0.315 e. The number of benzene rings is 1. The second-order valence-electron chi connectivity index (χ2n) is 6.61. The summed E-state index contributed by atoms with van der Waals surface area (Å²) in [6, 6.07) is 6.11. The first-order valence-corrected chi connectivity index (χ1v) is 8.56. The summed E-state index contributed by atoms with van der Waals surface area (Å²) in [7, 11) is 0. The van der Waals surface area contributed by atoms with Crippen molar-refractivity contribution in [2.75, 3.05) is 0 Å². The van der Waals surface area contributed by atoms with Crippen LogP contribution in [0.5, 0.6) is 0 Å². The van der Waals surface area contributed by atoms with E-state index < -0.39 is 0 Å². The third-order valence-electron chi connectivity index (χ3n) is 4.43. The second-order valence-corrected chi connectivity index (χ2v) is 6.61. The third-order valence-corrected chi connectivity index (χ3v) is 4.43. The van der Waals surface area contributed by atoms with Crippen molar-refractivity contribution in [3.05, 3.63) is 46.5 Å². The minimum absolute atomic E-state index is 0.0454. The lowest BCUT2D eigenvalue weighted by Crippen LogP contribution is -2.37. The first-order valence-electron chi connectivity index (χ1n) is 8.56. The molecule has 1 aliphatic heterocycles. The van der Waals surface area contributed by atoms with Gasteiger partial charge >= 0.3 is 6.03 Å². The van der Waals surface area contributed by atoms with Gasteiger partial charge in [0, 0.05) is 13.0 Å². The summed E-state index contributed by atoms with van der Waals surface area (Å²) in [4.78, 5) is 12.2. The Morgan fingerprint density at radius 3 is 2.71 bits per heavy atom. The molecule has 1 aromatic carbocycles. The zero-order chi connectivity index (χ0) is 17.1. The number of amides is 2. The number of carbonyl (C=O) groups is 1. The Morgan fingerprint density at radius 2 is 1.96 bits per heavy atom. The van der Waals surface area contributed by atoms with Crippen LogP contribution in [0.4, 0.5) is 4.79 Å². The van der Waals surface area contributed by atoms with E-state index in [9.17, 15) is 4.79 Å². The molecule has 0 unspecified atom stereocenters. The van der Waals surface area contributed by atoms with E-state index in [1.807, 2.05) is 6.92 Å². The van der Waals surface area contributed by atoms with Crippen LogP contribution < -0.4 is 10.6 Å². The molecule has 24 heavy (non-hydrogen) atoms. The highest BCUT2D eigenvalue weighted by Crippen LogP contribution is 2.17. The molecule has 2 amide bonds. The molecule has 0 fully saturated rings. The Labute approximate surface area is 142 Å². The second kappa shape index (κ2) is 7.03. The largest absolute Gasteiger partial charge is 0.332 e. The van der Waals surface area contributed by atoms with Crippen molar-refractivity contribution in [2.24, 2.45) is 0 Å². The SMILES string of the molecule is Cc1cc(C)cc([C@H](C)NC(=O)NCc2nnc3n2CCCC3)c1. The fourth-order valence-electron chi connectivity index (χ4n) is 3.25. The van der Waals surface area contributed by atoms with Gasteiger partial charge in [0.1, 0.15) is 5.82 Å². The molecule has 1 aromatic heterocycles.